The first kappa shape index (κ1) is 13.0. The Hall–Kier alpha value is -2.44. The fourth-order valence-electron chi connectivity index (χ4n) is 1.58. The third kappa shape index (κ3) is 2.54. The summed E-state index contributed by atoms with van der Waals surface area (Å²) in [5.41, 5.74) is 6.95. The zero-order valence-corrected chi connectivity index (χ0v) is 11.0. The molecule has 0 unspecified atom stereocenters. The van der Waals surface area contributed by atoms with Gasteiger partial charge in [0.2, 0.25) is 0 Å². The van der Waals surface area contributed by atoms with Crippen molar-refractivity contribution in [3.05, 3.63) is 12.1 Å². The van der Waals surface area contributed by atoms with Crippen molar-refractivity contribution in [2.75, 3.05) is 26.6 Å². The van der Waals surface area contributed by atoms with Crippen LogP contribution in [0.15, 0.2) is 16.5 Å². The number of ether oxygens (including phenoxy) is 3. The molecule has 0 spiro atoms. The molecule has 0 bridgehead atoms. The van der Waals surface area contributed by atoms with Gasteiger partial charge in [-0.1, -0.05) is 5.10 Å². The molecule has 0 radical (unpaired) electrons. The molecule has 0 saturated heterocycles. The van der Waals surface area contributed by atoms with Crippen LogP contribution in [0.1, 0.15) is 6.92 Å². The SMILES string of the molecule is CCOc1nnc(-c2cc(OC)c(OC)cc2N)o1. The second-order valence-corrected chi connectivity index (χ2v) is 3.60. The van der Waals surface area contributed by atoms with Crippen molar-refractivity contribution in [3.8, 4) is 29.0 Å². The number of methoxy groups -OCH3 is 2. The number of benzene rings is 1. The highest BCUT2D eigenvalue weighted by Crippen LogP contribution is 2.37. The van der Waals surface area contributed by atoms with E-state index in [-0.39, 0.29) is 12.0 Å². The number of nitrogen functional groups attached to an aromatic ring is 1. The average Bonchev–Trinajstić information content (AvgIpc) is 2.87. The molecule has 7 nitrogen and oxygen atoms in total. The molecular formula is C12H15N3O4. The van der Waals surface area contributed by atoms with Gasteiger partial charge in [0.1, 0.15) is 0 Å². The van der Waals surface area contributed by atoms with Crippen LogP contribution in [-0.4, -0.2) is 31.0 Å². The molecule has 0 aliphatic rings. The minimum absolute atomic E-state index is 0.103. The maximum absolute atomic E-state index is 5.93. The van der Waals surface area contributed by atoms with E-state index in [1.165, 1.54) is 14.2 Å². The van der Waals surface area contributed by atoms with Crippen molar-refractivity contribution in [1.29, 1.82) is 0 Å². The first-order chi connectivity index (χ1) is 9.19. The average molecular weight is 265 g/mol. The lowest BCUT2D eigenvalue weighted by Gasteiger charge is -2.10. The maximum Gasteiger partial charge on any atom is 0.414 e. The number of hydrogen-bond acceptors (Lipinski definition) is 7. The number of rotatable bonds is 5. The summed E-state index contributed by atoms with van der Waals surface area (Å²) in [7, 11) is 3.08. The molecule has 1 heterocycles. The molecule has 19 heavy (non-hydrogen) atoms. The van der Waals surface area contributed by atoms with E-state index in [4.69, 9.17) is 24.4 Å². The van der Waals surface area contributed by atoms with Crippen LogP contribution in [-0.2, 0) is 0 Å². The zero-order chi connectivity index (χ0) is 13.8. The Morgan fingerprint density at radius 3 is 2.47 bits per heavy atom. The van der Waals surface area contributed by atoms with Gasteiger partial charge in [0.15, 0.2) is 11.5 Å². The monoisotopic (exact) mass is 265 g/mol. The quantitative estimate of drug-likeness (QED) is 0.823. The van der Waals surface area contributed by atoms with E-state index >= 15 is 0 Å². The fourth-order valence-corrected chi connectivity index (χ4v) is 1.58. The van der Waals surface area contributed by atoms with Crippen LogP contribution in [0.3, 0.4) is 0 Å². The molecule has 0 atom stereocenters. The smallest absolute Gasteiger partial charge is 0.414 e. The molecule has 0 aliphatic heterocycles. The highest BCUT2D eigenvalue weighted by molar-refractivity contribution is 5.75. The molecule has 0 fully saturated rings. The summed E-state index contributed by atoms with van der Waals surface area (Å²) >= 11 is 0. The Labute approximate surface area is 110 Å². The summed E-state index contributed by atoms with van der Waals surface area (Å²) in [6, 6.07) is 3.32. The third-order valence-electron chi connectivity index (χ3n) is 2.46. The highest BCUT2D eigenvalue weighted by atomic mass is 16.6. The highest BCUT2D eigenvalue weighted by Gasteiger charge is 2.16. The second kappa shape index (κ2) is 5.47. The van der Waals surface area contributed by atoms with Gasteiger partial charge in [-0.2, -0.15) is 0 Å². The Morgan fingerprint density at radius 1 is 1.16 bits per heavy atom. The first-order valence-corrected chi connectivity index (χ1v) is 5.67. The van der Waals surface area contributed by atoms with Gasteiger partial charge >= 0.3 is 6.08 Å². The summed E-state index contributed by atoms with van der Waals surface area (Å²) in [5, 5.41) is 7.63. The van der Waals surface area contributed by atoms with Gasteiger partial charge in [-0.15, -0.1) is 5.10 Å². The molecule has 1 aromatic carbocycles. The number of hydrogen-bond donors (Lipinski definition) is 1. The summed E-state index contributed by atoms with van der Waals surface area (Å²) in [6.07, 6.45) is 0.103. The van der Waals surface area contributed by atoms with Crippen molar-refractivity contribution in [1.82, 2.24) is 10.2 Å². The molecule has 0 amide bonds. The summed E-state index contributed by atoms with van der Waals surface area (Å²) in [5.74, 6) is 1.33. The van der Waals surface area contributed by atoms with Crippen molar-refractivity contribution in [2.24, 2.45) is 0 Å². The van der Waals surface area contributed by atoms with Gasteiger partial charge in [-0.05, 0) is 13.0 Å². The number of nitrogens with zero attached hydrogens (tertiary/aromatic N) is 2. The van der Waals surface area contributed by atoms with Crippen LogP contribution in [0.4, 0.5) is 5.69 Å². The fraction of sp³-hybridized carbons (Fsp3) is 0.333. The number of anilines is 1. The van der Waals surface area contributed by atoms with E-state index in [1.54, 1.807) is 12.1 Å². The molecule has 2 aromatic rings. The van der Waals surface area contributed by atoms with E-state index in [1.807, 2.05) is 6.92 Å². The third-order valence-corrected chi connectivity index (χ3v) is 2.46. The van der Waals surface area contributed by atoms with Crippen molar-refractivity contribution < 1.29 is 18.6 Å². The molecule has 1 aromatic heterocycles. The van der Waals surface area contributed by atoms with E-state index < -0.39 is 0 Å². The van der Waals surface area contributed by atoms with Crippen LogP contribution >= 0.6 is 0 Å². The Morgan fingerprint density at radius 2 is 1.84 bits per heavy atom. The minimum Gasteiger partial charge on any atom is -0.493 e. The maximum atomic E-state index is 5.93. The van der Waals surface area contributed by atoms with Crippen LogP contribution < -0.4 is 19.9 Å². The molecule has 0 aliphatic carbocycles. The topological polar surface area (TPSA) is 92.6 Å². The lowest BCUT2D eigenvalue weighted by atomic mass is 10.1. The van der Waals surface area contributed by atoms with Gasteiger partial charge < -0.3 is 24.4 Å². The normalized spacial score (nSPS) is 10.3. The Bertz CT molecular complexity index is 568. The van der Waals surface area contributed by atoms with Crippen LogP contribution in [0.25, 0.3) is 11.5 Å². The second-order valence-electron chi connectivity index (χ2n) is 3.60. The molecule has 2 N–H and O–H groups in total. The summed E-state index contributed by atoms with van der Waals surface area (Å²) in [4.78, 5) is 0. The summed E-state index contributed by atoms with van der Waals surface area (Å²) in [6.45, 7) is 2.28. The number of nitrogens with two attached hydrogens (primary N) is 1. The van der Waals surface area contributed by atoms with Crippen molar-refractivity contribution in [2.45, 2.75) is 6.92 Å². The predicted molar refractivity (Wildman–Crippen MR) is 68.4 cm³/mol. The predicted octanol–water partition coefficient (Wildman–Crippen LogP) is 1.73. The van der Waals surface area contributed by atoms with Crippen LogP contribution in [0.2, 0.25) is 0 Å². The van der Waals surface area contributed by atoms with E-state index in [2.05, 4.69) is 10.2 Å². The van der Waals surface area contributed by atoms with Gasteiger partial charge in [0.05, 0.1) is 26.4 Å². The van der Waals surface area contributed by atoms with E-state index in [9.17, 15) is 0 Å². The standard InChI is InChI=1S/C12H15N3O4/c1-4-18-12-15-14-11(19-12)7-5-9(16-2)10(17-3)6-8(7)13/h5-6H,4,13H2,1-3H3. The molecule has 2 rings (SSSR count). The van der Waals surface area contributed by atoms with Crippen molar-refractivity contribution >= 4 is 5.69 Å². The zero-order valence-electron chi connectivity index (χ0n) is 11.0. The van der Waals surface area contributed by atoms with Crippen molar-refractivity contribution in [3.63, 3.8) is 0 Å². The lowest BCUT2D eigenvalue weighted by molar-refractivity contribution is 0.247. The molecule has 7 heteroatoms. The van der Waals surface area contributed by atoms with Crippen LogP contribution in [0.5, 0.6) is 17.6 Å². The molecule has 0 saturated carbocycles. The first-order valence-electron chi connectivity index (χ1n) is 5.67. The van der Waals surface area contributed by atoms with E-state index in [0.29, 0.717) is 29.4 Å². The summed E-state index contributed by atoms with van der Waals surface area (Å²) < 4.78 is 20.8. The Balaban J connectivity index is 2.42. The van der Waals surface area contributed by atoms with Gasteiger partial charge in [-0.3, -0.25) is 0 Å². The van der Waals surface area contributed by atoms with E-state index in [0.717, 1.165) is 0 Å². The largest absolute Gasteiger partial charge is 0.493 e. The number of aromatic nitrogens is 2. The van der Waals surface area contributed by atoms with Gasteiger partial charge in [0.25, 0.3) is 5.89 Å². The molecule has 102 valence electrons. The molecular weight excluding hydrogens is 250 g/mol. The van der Waals surface area contributed by atoms with Gasteiger partial charge in [-0.25, -0.2) is 0 Å². The lowest BCUT2D eigenvalue weighted by Crippen LogP contribution is -1.96. The van der Waals surface area contributed by atoms with Crippen LogP contribution in [0, 0.1) is 0 Å². The minimum atomic E-state index is 0.103. The van der Waals surface area contributed by atoms with Gasteiger partial charge in [0, 0.05) is 11.8 Å². The Kier molecular flexibility index (Phi) is 3.74.